The molecule has 0 fully saturated rings. The van der Waals surface area contributed by atoms with Gasteiger partial charge in [0.15, 0.2) is 0 Å². The van der Waals surface area contributed by atoms with Crippen LogP contribution < -0.4 is 56.2 Å². The Labute approximate surface area is 680 Å². The summed E-state index contributed by atoms with van der Waals surface area (Å²) in [6.45, 7) is 46.4. The third-order valence-corrected chi connectivity index (χ3v) is 9.41. The molecule has 587 valence electrons. The van der Waals surface area contributed by atoms with Crippen molar-refractivity contribution in [2.45, 2.75) is 223 Å². The van der Waals surface area contributed by atoms with Gasteiger partial charge in [0.2, 0.25) is 0 Å². The molecule has 3 N–H and O–H groups in total. The second kappa shape index (κ2) is 67.7. The Morgan fingerprint density at radius 2 is 0.314 bits per heavy atom. The SMILES string of the molecule is CC(C)(C)C(=O)[O-].CC(C)(C)C(=O)[O-].CC(C)(C)C(=O)[O-].CC(C)(C)C(=O)[O-].CC(C)(C)C(=O)[O-].CC(C)(C)C(=O)[O-].CC(C)(C)C(=O)[O-].CC(C)([O-])c1ccccn1.CC(C)([O-])c1ccccn1.CC(C)([O-])c1ccccn1.CC(C)([O-])c1ccccn1.[Mn+2].[Mn+3].[Mn+3].[Mn+3].[Mn+3].[Mn+3].[Mn+3].[O-2].[O-2].[O-2].[OH-].[OH-].[OH-]. The molecule has 4 aromatic heterocycles. The molecule has 102 heavy (non-hydrogen) atoms. The van der Waals surface area contributed by atoms with Crippen molar-refractivity contribution in [3.8, 4) is 0 Å². The van der Waals surface area contributed by atoms with Gasteiger partial charge in [-0.1, -0.05) is 247 Å². The zero-order chi connectivity index (χ0) is 73.0. The summed E-state index contributed by atoms with van der Waals surface area (Å²) in [5, 5.41) is 114. The Bertz CT molecular complexity index is 2210. The Balaban J connectivity index is -0.0000000399. The first-order chi connectivity index (χ1) is 39.0. The van der Waals surface area contributed by atoms with Crippen molar-refractivity contribution in [1.82, 2.24) is 19.9 Å². The van der Waals surface area contributed by atoms with E-state index in [1.165, 1.54) is 0 Å². The van der Waals surface area contributed by atoms with Gasteiger partial charge in [-0.25, -0.2) is 0 Å². The fourth-order valence-electron chi connectivity index (χ4n) is 2.88. The van der Waals surface area contributed by atoms with Gasteiger partial charge < -0.3 is 123 Å². The van der Waals surface area contributed by atoms with E-state index in [9.17, 15) is 89.7 Å². The Morgan fingerprint density at radius 3 is 0.343 bits per heavy atom. The van der Waals surface area contributed by atoms with Gasteiger partial charge in [0.25, 0.3) is 0 Å². The molecule has 0 saturated carbocycles. The van der Waals surface area contributed by atoms with Gasteiger partial charge in [0.1, 0.15) is 0 Å². The van der Waals surface area contributed by atoms with Crippen molar-refractivity contribution in [2.75, 3.05) is 0 Å². The van der Waals surface area contributed by atoms with E-state index in [1.807, 2.05) is 24.3 Å². The molecule has 1 radical (unpaired) electrons. The molecule has 0 amide bonds. The number of carbonyl (C=O) groups is 7. The summed E-state index contributed by atoms with van der Waals surface area (Å²) in [5.74, 6) is -7.05. The molecule has 4 heterocycles. The van der Waals surface area contributed by atoms with Gasteiger partial charge in [-0.3, -0.25) is 19.9 Å². The van der Waals surface area contributed by atoms with Crippen molar-refractivity contribution in [2.24, 2.45) is 37.9 Å². The van der Waals surface area contributed by atoms with Crippen LogP contribution in [0.5, 0.6) is 0 Å². The van der Waals surface area contributed by atoms with E-state index < -0.39 is 102 Å². The number of hydrogen-bond acceptors (Lipinski definition) is 25. The van der Waals surface area contributed by atoms with Gasteiger partial charge in [0, 0.05) is 127 Å². The van der Waals surface area contributed by atoms with Crippen molar-refractivity contribution >= 4 is 41.8 Å². The normalized spacial score (nSPS) is 9.93. The maximum absolute atomic E-state index is 11.2. The van der Waals surface area contributed by atoms with Gasteiger partial charge in [0.05, 0.1) is 0 Å². The molecule has 28 nitrogen and oxygen atoms in total. The van der Waals surface area contributed by atoms with E-state index >= 15 is 0 Å². The number of hydrogen-bond donors (Lipinski definition) is 0. The Morgan fingerprint density at radius 1 is 0.235 bits per heavy atom. The molecule has 0 spiro atoms. The molecule has 35 heteroatoms. The first-order valence-electron chi connectivity index (χ1n) is 28.0. The summed E-state index contributed by atoms with van der Waals surface area (Å²) in [7, 11) is 0. The minimum atomic E-state index is -1.07. The second-order valence-electron chi connectivity index (χ2n) is 28.7. The zero-order valence-corrected chi connectivity index (χ0v) is 71.9. The van der Waals surface area contributed by atoms with Crippen LogP contribution in [0.1, 0.15) is 224 Å². The second-order valence-corrected chi connectivity index (χ2v) is 28.7. The van der Waals surface area contributed by atoms with Crippen LogP contribution in [-0.2, 0) is 192 Å². The van der Waals surface area contributed by atoms with Crippen LogP contribution in [0.4, 0.5) is 0 Å². The van der Waals surface area contributed by atoms with Crippen LogP contribution in [0.3, 0.4) is 0 Å². The summed E-state index contributed by atoms with van der Waals surface area (Å²) in [6, 6.07) is 21.5. The number of nitrogens with zero attached hydrogens (tertiary/aromatic N) is 4. The van der Waals surface area contributed by atoms with Crippen molar-refractivity contribution in [1.29, 1.82) is 0 Å². The molecule has 0 aromatic carbocycles. The molecular weight excluding hydrogens is 1630 g/mol. The van der Waals surface area contributed by atoms with Crippen LogP contribution in [0.15, 0.2) is 97.6 Å². The van der Waals surface area contributed by atoms with Crippen molar-refractivity contribution < 1.29 is 242 Å². The minimum absolute atomic E-state index is 0. The average Bonchev–Trinajstić information content (AvgIpc) is 3.34. The van der Waals surface area contributed by atoms with Crippen LogP contribution in [0.25, 0.3) is 0 Å². The fraction of sp³-hybridized carbons (Fsp3) is 0.597. The van der Waals surface area contributed by atoms with Crippen LogP contribution in [0.2, 0.25) is 0 Å². The molecule has 0 aliphatic heterocycles. The standard InChI is InChI=1S/4C8H10NO.7C5H10O2.7Mn.3H2O.3O/c4*1-8(2,10)7-5-3-4-6-9-7;7*1-5(2,3)4(6)7;;;;;;;;;;;;;/h4*3-6H,1-2H3;7*1-3H3,(H,6,7);;;;;;;;3*1H2;;;/q4*-1;;;;;;;;+2;6*+3;;;;3*-2/p-10. The topological polar surface area (TPSA) is 600 Å². The number of carboxylic acid groups (broad SMARTS) is 7. The molecule has 4 aromatic rings. The van der Waals surface area contributed by atoms with Crippen LogP contribution in [-0.4, -0.2) is 78.1 Å². The first-order valence-corrected chi connectivity index (χ1v) is 28.0. The predicted octanol–water partition coefficient (Wildman–Crippen LogP) is 0.280. The fourth-order valence-corrected chi connectivity index (χ4v) is 2.88. The number of carbonyl (C=O) groups excluding carboxylic acids is 7. The summed E-state index contributed by atoms with van der Waals surface area (Å²) < 4.78 is 0. The largest absolute Gasteiger partial charge is 3.00 e. The monoisotopic (exact) mass is 1740 g/mol. The van der Waals surface area contributed by atoms with Gasteiger partial charge in [-0.05, 0) is 48.5 Å². The molecule has 0 aliphatic rings. The third kappa shape index (κ3) is 98.2. The van der Waals surface area contributed by atoms with E-state index in [4.69, 9.17) is 0 Å². The summed E-state index contributed by atoms with van der Waals surface area (Å²) in [5.41, 5.74) is -6.76. The van der Waals surface area contributed by atoms with E-state index in [0.29, 0.717) is 22.8 Å². The summed E-state index contributed by atoms with van der Waals surface area (Å²) >= 11 is 0. The Hall–Kier alpha value is -3.87. The maximum atomic E-state index is 11.2. The summed E-state index contributed by atoms with van der Waals surface area (Å²) in [4.78, 5) is 85.1. The van der Waals surface area contributed by atoms with E-state index in [2.05, 4.69) is 19.9 Å². The number of carboxylic acids is 7. The van der Waals surface area contributed by atoms with Gasteiger partial charge in [-0.15, -0.1) is 0 Å². The molecule has 0 saturated heterocycles. The van der Waals surface area contributed by atoms with Crippen molar-refractivity contribution in [3.63, 3.8) is 0 Å². The molecule has 0 aliphatic carbocycles. The van der Waals surface area contributed by atoms with E-state index in [-0.39, 0.29) is 152 Å². The number of rotatable bonds is 4. The minimum Gasteiger partial charge on any atom is -2.00 e. The smallest absolute Gasteiger partial charge is 2.00 e. The quantitative estimate of drug-likeness (QED) is 0.248. The van der Waals surface area contributed by atoms with Gasteiger partial charge >= 0.3 is 119 Å². The number of aliphatic carboxylic acids is 7. The Kier molecular flexibility index (Phi) is 101. The van der Waals surface area contributed by atoms with Crippen molar-refractivity contribution in [3.05, 3.63) is 120 Å². The molecule has 0 unspecified atom stereocenters. The van der Waals surface area contributed by atoms with Crippen LogP contribution >= 0.6 is 0 Å². The number of aromatic nitrogens is 4. The van der Waals surface area contributed by atoms with Gasteiger partial charge in [-0.2, -0.15) is 0 Å². The first kappa shape index (κ1) is 152. The average molecular weight is 1740 g/mol. The molecular formula is C67H106Mn7N4O24. The molecule has 4 rings (SSSR count). The number of pyridine rings is 4. The third-order valence-electron chi connectivity index (χ3n) is 9.41. The maximum Gasteiger partial charge on any atom is 3.00 e. The van der Waals surface area contributed by atoms with E-state index in [0.717, 1.165) is 0 Å². The predicted molar refractivity (Wildman–Crippen MR) is 328 cm³/mol. The zero-order valence-electron chi connectivity index (χ0n) is 63.6. The molecule has 0 bridgehead atoms. The molecule has 0 atom stereocenters. The van der Waals surface area contributed by atoms with Crippen LogP contribution in [0, 0.1) is 37.9 Å². The van der Waals surface area contributed by atoms with E-state index in [1.54, 1.807) is 274 Å². The summed E-state index contributed by atoms with van der Waals surface area (Å²) in [6.07, 6.45) is 6.54.